The van der Waals surface area contributed by atoms with E-state index in [1.807, 2.05) is 54.8 Å². The normalized spacial score (nSPS) is 12.2. The van der Waals surface area contributed by atoms with Crippen molar-refractivity contribution in [1.29, 1.82) is 0 Å². The van der Waals surface area contributed by atoms with Crippen LogP contribution in [-0.2, 0) is 5.41 Å². The lowest BCUT2D eigenvalue weighted by atomic mass is 9.86. The van der Waals surface area contributed by atoms with Gasteiger partial charge in [-0.2, -0.15) is 5.10 Å². The monoisotopic (exact) mass is 441 g/mol. The Labute approximate surface area is 193 Å². The van der Waals surface area contributed by atoms with E-state index in [9.17, 15) is 4.79 Å². The third-order valence-electron chi connectivity index (χ3n) is 5.44. The fourth-order valence-electron chi connectivity index (χ4n) is 3.58. The summed E-state index contributed by atoms with van der Waals surface area (Å²) in [6.45, 7) is 8.62. The molecule has 0 fully saturated rings. The quantitative estimate of drug-likeness (QED) is 0.273. The highest BCUT2D eigenvalue weighted by Crippen LogP contribution is 2.28. The molecule has 0 saturated heterocycles. The lowest BCUT2D eigenvalue weighted by molar-refractivity contribution is 0.0956. The van der Waals surface area contributed by atoms with Crippen LogP contribution in [0.25, 0.3) is 22.2 Å². The third kappa shape index (κ3) is 4.63. The van der Waals surface area contributed by atoms with Crippen LogP contribution in [-0.4, -0.2) is 16.6 Å². The average molecular weight is 442 g/mol. The summed E-state index contributed by atoms with van der Waals surface area (Å²) in [6, 6.07) is 22.0. The van der Waals surface area contributed by atoms with E-state index in [0.29, 0.717) is 5.56 Å². The molecular weight excluding hydrogens is 414 g/mol. The number of carbonyl (C=O) groups is 1. The molecular formula is C27H27N3OS. The largest absolute Gasteiger partial charge is 0.272 e. The van der Waals surface area contributed by atoms with E-state index in [1.54, 1.807) is 11.3 Å². The summed E-state index contributed by atoms with van der Waals surface area (Å²) in [5.74, 6) is -0.237. The Morgan fingerprint density at radius 2 is 1.78 bits per heavy atom. The Morgan fingerprint density at radius 3 is 2.44 bits per heavy atom. The Balaban J connectivity index is 1.72. The maximum atomic E-state index is 13.2. The van der Waals surface area contributed by atoms with Crippen molar-refractivity contribution in [3.8, 4) is 11.3 Å². The minimum atomic E-state index is -0.237. The first kappa shape index (κ1) is 21.9. The number of fused-ring (bicyclic) bond motifs is 1. The van der Waals surface area contributed by atoms with E-state index < -0.39 is 0 Å². The van der Waals surface area contributed by atoms with Crippen LogP contribution in [0.15, 0.2) is 77.2 Å². The topological polar surface area (TPSA) is 54.4 Å². The smallest absolute Gasteiger partial charge is 0.267 e. The zero-order valence-electron chi connectivity index (χ0n) is 18.8. The summed E-state index contributed by atoms with van der Waals surface area (Å²) in [4.78, 5) is 19.1. The molecule has 4 rings (SSSR count). The predicted octanol–water partition coefficient (Wildman–Crippen LogP) is 6.80. The first-order chi connectivity index (χ1) is 15.4. The van der Waals surface area contributed by atoms with Crippen molar-refractivity contribution in [2.45, 2.75) is 39.5 Å². The van der Waals surface area contributed by atoms with E-state index >= 15 is 0 Å². The van der Waals surface area contributed by atoms with Crippen molar-refractivity contribution in [3.63, 3.8) is 0 Å². The SMILES string of the molecule is CC/C(=N\NC(=O)c1cc(-c2ccc(C(C)(C)C)cc2)nc2ccccc12)c1cccs1. The second-order valence-corrected chi connectivity index (χ2v) is 9.68. The van der Waals surface area contributed by atoms with Gasteiger partial charge in [-0.15, -0.1) is 11.3 Å². The van der Waals surface area contributed by atoms with E-state index in [-0.39, 0.29) is 11.3 Å². The average Bonchev–Trinajstić information content (AvgIpc) is 3.33. The van der Waals surface area contributed by atoms with Crippen molar-refractivity contribution in [3.05, 3.63) is 88.1 Å². The number of thiophene rings is 1. The van der Waals surface area contributed by atoms with Gasteiger partial charge in [0.05, 0.1) is 27.4 Å². The zero-order chi connectivity index (χ0) is 22.7. The number of hydrogen-bond acceptors (Lipinski definition) is 4. The Bertz CT molecular complexity index is 1270. The first-order valence-corrected chi connectivity index (χ1v) is 11.7. The Kier molecular flexibility index (Phi) is 6.19. The van der Waals surface area contributed by atoms with Crippen LogP contribution < -0.4 is 5.43 Å². The lowest BCUT2D eigenvalue weighted by Crippen LogP contribution is -2.20. The van der Waals surface area contributed by atoms with Crippen molar-refractivity contribution in [2.75, 3.05) is 0 Å². The lowest BCUT2D eigenvalue weighted by Gasteiger charge is -2.19. The van der Waals surface area contributed by atoms with Gasteiger partial charge in [0.15, 0.2) is 0 Å². The molecule has 32 heavy (non-hydrogen) atoms. The Hall–Kier alpha value is -3.31. The van der Waals surface area contributed by atoms with Crippen LogP contribution >= 0.6 is 11.3 Å². The van der Waals surface area contributed by atoms with Gasteiger partial charge in [0.2, 0.25) is 0 Å². The van der Waals surface area contributed by atoms with Gasteiger partial charge < -0.3 is 0 Å². The molecule has 1 N–H and O–H groups in total. The summed E-state index contributed by atoms with van der Waals surface area (Å²) in [5.41, 5.74) is 8.07. The van der Waals surface area contributed by atoms with Gasteiger partial charge in [0.1, 0.15) is 0 Å². The van der Waals surface area contributed by atoms with Crippen LogP contribution in [0.4, 0.5) is 0 Å². The fraction of sp³-hybridized carbons (Fsp3) is 0.222. The van der Waals surface area contributed by atoms with Crippen LogP contribution in [0.1, 0.15) is 54.9 Å². The molecule has 0 atom stereocenters. The maximum absolute atomic E-state index is 13.2. The molecule has 0 aliphatic carbocycles. The number of aromatic nitrogens is 1. The van der Waals surface area contributed by atoms with E-state index in [1.165, 1.54) is 5.56 Å². The van der Waals surface area contributed by atoms with Gasteiger partial charge in [0, 0.05) is 10.9 Å². The fourth-order valence-corrected chi connectivity index (χ4v) is 4.37. The van der Waals surface area contributed by atoms with Crippen LogP contribution in [0.3, 0.4) is 0 Å². The van der Waals surface area contributed by atoms with Gasteiger partial charge >= 0.3 is 0 Å². The molecule has 2 aromatic heterocycles. The number of hydrogen-bond donors (Lipinski definition) is 1. The predicted molar refractivity (Wildman–Crippen MR) is 134 cm³/mol. The molecule has 2 aromatic carbocycles. The molecule has 2 heterocycles. The Morgan fingerprint density at radius 1 is 1.03 bits per heavy atom. The molecule has 0 saturated carbocycles. The molecule has 0 bridgehead atoms. The number of amides is 1. The summed E-state index contributed by atoms with van der Waals surface area (Å²) in [7, 11) is 0. The van der Waals surface area contributed by atoms with Crippen LogP contribution in [0, 0.1) is 0 Å². The van der Waals surface area contributed by atoms with E-state index in [4.69, 9.17) is 4.98 Å². The van der Waals surface area contributed by atoms with Crippen molar-refractivity contribution >= 4 is 33.9 Å². The van der Waals surface area contributed by atoms with Crippen LogP contribution in [0.5, 0.6) is 0 Å². The van der Waals surface area contributed by atoms with Gasteiger partial charge in [-0.3, -0.25) is 4.79 Å². The molecule has 0 unspecified atom stereocenters. The maximum Gasteiger partial charge on any atom is 0.272 e. The molecule has 4 aromatic rings. The molecule has 0 aliphatic rings. The standard InChI is InChI=1S/C27H27N3OS/c1-5-22(25-11-8-16-32-25)29-30-26(31)21-17-24(28-23-10-7-6-9-20(21)23)18-12-14-19(15-13-18)27(2,3)4/h6-17H,5H2,1-4H3,(H,30,31)/b29-22+. The van der Waals surface area contributed by atoms with Crippen molar-refractivity contribution in [2.24, 2.45) is 5.10 Å². The zero-order valence-corrected chi connectivity index (χ0v) is 19.7. The van der Waals surface area contributed by atoms with Gasteiger partial charge in [-0.05, 0) is 41.0 Å². The first-order valence-electron chi connectivity index (χ1n) is 10.8. The molecule has 1 amide bonds. The van der Waals surface area contributed by atoms with Gasteiger partial charge in [-0.1, -0.05) is 76.2 Å². The highest BCUT2D eigenvalue weighted by Gasteiger charge is 2.16. The second-order valence-electron chi connectivity index (χ2n) is 8.73. The molecule has 0 radical (unpaired) electrons. The molecule has 5 heteroatoms. The number of para-hydroxylation sites is 1. The summed E-state index contributed by atoms with van der Waals surface area (Å²) in [6.07, 6.45) is 0.739. The van der Waals surface area contributed by atoms with Gasteiger partial charge in [0.25, 0.3) is 5.91 Å². The number of benzene rings is 2. The number of hydrazone groups is 1. The number of carbonyl (C=O) groups excluding carboxylic acids is 1. The minimum absolute atomic E-state index is 0.0813. The molecule has 0 spiro atoms. The van der Waals surface area contributed by atoms with Crippen molar-refractivity contribution < 1.29 is 4.79 Å². The molecule has 4 nitrogen and oxygen atoms in total. The summed E-state index contributed by atoms with van der Waals surface area (Å²) < 4.78 is 0. The number of pyridine rings is 1. The number of nitrogens with zero attached hydrogens (tertiary/aromatic N) is 2. The third-order valence-corrected chi connectivity index (χ3v) is 6.36. The highest BCUT2D eigenvalue weighted by molar-refractivity contribution is 7.12. The van der Waals surface area contributed by atoms with E-state index in [0.717, 1.165) is 39.2 Å². The number of rotatable bonds is 5. The minimum Gasteiger partial charge on any atom is -0.267 e. The highest BCUT2D eigenvalue weighted by atomic mass is 32.1. The van der Waals surface area contributed by atoms with Crippen molar-refractivity contribution in [1.82, 2.24) is 10.4 Å². The van der Waals surface area contributed by atoms with Crippen LogP contribution in [0.2, 0.25) is 0 Å². The summed E-state index contributed by atoms with van der Waals surface area (Å²) in [5, 5.41) is 7.24. The second kappa shape index (κ2) is 9.05. The molecule has 162 valence electrons. The molecule has 0 aliphatic heterocycles. The van der Waals surface area contributed by atoms with Gasteiger partial charge in [-0.25, -0.2) is 10.4 Å². The van der Waals surface area contributed by atoms with E-state index in [2.05, 4.69) is 55.6 Å². The summed E-state index contributed by atoms with van der Waals surface area (Å²) >= 11 is 1.62. The number of nitrogens with one attached hydrogen (secondary N) is 1.